The molecule has 0 spiro atoms. The van der Waals surface area contributed by atoms with Gasteiger partial charge in [-0.05, 0) is 6.07 Å². The number of halogens is 3. The van der Waals surface area contributed by atoms with Crippen molar-refractivity contribution >= 4 is 10.9 Å². The second-order valence-electron chi connectivity index (χ2n) is 3.75. The Balaban J connectivity index is 2.13. The maximum absolute atomic E-state index is 12.4. The van der Waals surface area contributed by atoms with Gasteiger partial charge in [0, 0.05) is 22.7 Å². The van der Waals surface area contributed by atoms with Crippen LogP contribution >= 0.6 is 0 Å². The summed E-state index contributed by atoms with van der Waals surface area (Å²) in [6.07, 6.45) is -2.93. The van der Waals surface area contributed by atoms with E-state index in [0.29, 0.717) is 5.56 Å². The molecular weight excluding hydrogens is 245 g/mol. The lowest BCUT2D eigenvalue weighted by molar-refractivity contribution is -0.144. The lowest BCUT2D eigenvalue weighted by Gasteiger charge is -1.98. The van der Waals surface area contributed by atoms with E-state index in [9.17, 15) is 13.2 Å². The van der Waals surface area contributed by atoms with Crippen LogP contribution in [0.5, 0.6) is 0 Å². The Labute approximate surface area is 98.9 Å². The van der Waals surface area contributed by atoms with E-state index in [1.807, 2.05) is 17.2 Å². The number of alkyl halides is 3. The van der Waals surface area contributed by atoms with Crippen molar-refractivity contribution < 1.29 is 13.2 Å². The van der Waals surface area contributed by atoms with Gasteiger partial charge in [0.2, 0.25) is 5.82 Å². The molecule has 0 saturated heterocycles. The van der Waals surface area contributed by atoms with Crippen molar-refractivity contribution in [1.82, 2.24) is 20.2 Å². The first-order valence-corrected chi connectivity index (χ1v) is 5.12. The number of hydrogen-bond donors (Lipinski definition) is 2. The van der Waals surface area contributed by atoms with E-state index in [2.05, 4.69) is 15.1 Å². The molecule has 0 aliphatic heterocycles. The van der Waals surface area contributed by atoms with Gasteiger partial charge >= 0.3 is 6.18 Å². The fourth-order valence-electron chi connectivity index (χ4n) is 1.77. The number of benzene rings is 1. The number of nitrogens with one attached hydrogen (secondary N) is 2. The number of aromatic nitrogens is 4. The highest BCUT2D eigenvalue weighted by molar-refractivity contribution is 5.93. The van der Waals surface area contributed by atoms with Crippen LogP contribution in [0.1, 0.15) is 5.82 Å². The van der Waals surface area contributed by atoms with E-state index in [1.54, 1.807) is 18.3 Å². The summed E-state index contributed by atoms with van der Waals surface area (Å²) in [5, 5.41) is 6.28. The van der Waals surface area contributed by atoms with Crippen molar-refractivity contribution in [3.05, 3.63) is 36.3 Å². The summed E-state index contributed by atoms with van der Waals surface area (Å²) in [4.78, 5) is 6.42. The molecule has 3 rings (SSSR count). The molecule has 0 radical (unpaired) electrons. The monoisotopic (exact) mass is 252 g/mol. The largest absolute Gasteiger partial charge is 0.451 e. The van der Waals surface area contributed by atoms with Gasteiger partial charge in [-0.25, -0.2) is 4.98 Å². The van der Waals surface area contributed by atoms with Crippen LogP contribution in [0, 0.1) is 0 Å². The molecule has 0 saturated carbocycles. The molecule has 0 aliphatic carbocycles. The normalized spacial score (nSPS) is 12.2. The third kappa shape index (κ3) is 1.64. The second kappa shape index (κ2) is 3.59. The van der Waals surface area contributed by atoms with Gasteiger partial charge in [0.15, 0.2) is 5.82 Å². The molecule has 7 heteroatoms. The summed E-state index contributed by atoms with van der Waals surface area (Å²) in [6.45, 7) is 0. The minimum Gasteiger partial charge on any atom is -0.360 e. The lowest BCUT2D eigenvalue weighted by Crippen LogP contribution is -2.07. The Bertz CT molecular complexity index is 695. The van der Waals surface area contributed by atoms with Crippen molar-refractivity contribution in [2.75, 3.05) is 0 Å². The van der Waals surface area contributed by atoms with Gasteiger partial charge in [-0.3, -0.25) is 5.10 Å². The highest BCUT2D eigenvalue weighted by atomic mass is 19.4. The van der Waals surface area contributed by atoms with Gasteiger partial charge in [-0.2, -0.15) is 18.3 Å². The van der Waals surface area contributed by atoms with E-state index in [-0.39, 0.29) is 5.82 Å². The third-order valence-electron chi connectivity index (χ3n) is 2.58. The van der Waals surface area contributed by atoms with Gasteiger partial charge in [0.25, 0.3) is 0 Å². The molecule has 1 aromatic carbocycles. The molecule has 0 aliphatic rings. The van der Waals surface area contributed by atoms with E-state index < -0.39 is 12.0 Å². The predicted octanol–water partition coefficient (Wildman–Crippen LogP) is 2.97. The maximum atomic E-state index is 12.4. The fourth-order valence-corrected chi connectivity index (χ4v) is 1.77. The van der Waals surface area contributed by atoms with E-state index >= 15 is 0 Å². The minimum atomic E-state index is -4.52. The van der Waals surface area contributed by atoms with Crippen LogP contribution in [0.3, 0.4) is 0 Å². The Kier molecular flexibility index (Phi) is 2.16. The molecule has 0 fully saturated rings. The van der Waals surface area contributed by atoms with Gasteiger partial charge in [0.1, 0.15) is 0 Å². The van der Waals surface area contributed by atoms with Gasteiger partial charge in [-0.15, -0.1) is 0 Å². The molecule has 92 valence electrons. The van der Waals surface area contributed by atoms with Crippen LogP contribution in [0.15, 0.2) is 30.5 Å². The van der Waals surface area contributed by atoms with Crippen LogP contribution in [0.25, 0.3) is 22.3 Å². The first kappa shape index (κ1) is 10.8. The number of fused-ring (bicyclic) bond motifs is 1. The minimum absolute atomic E-state index is 0.0276. The molecule has 0 unspecified atom stereocenters. The molecule has 2 heterocycles. The summed E-state index contributed by atoms with van der Waals surface area (Å²) in [5.41, 5.74) is 1.36. The van der Waals surface area contributed by atoms with Crippen LogP contribution in [0.2, 0.25) is 0 Å². The van der Waals surface area contributed by atoms with Crippen molar-refractivity contribution in [3.8, 4) is 11.4 Å². The maximum Gasteiger partial charge on any atom is 0.451 e. The first-order valence-electron chi connectivity index (χ1n) is 5.12. The number of para-hydroxylation sites is 1. The summed E-state index contributed by atoms with van der Waals surface area (Å²) in [7, 11) is 0. The molecule has 4 nitrogen and oxygen atoms in total. The lowest BCUT2D eigenvalue weighted by atomic mass is 10.2. The number of hydrogen-bond acceptors (Lipinski definition) is 2. The van der Waals surface area contributed by atoms with Crippen LogP contribution in [-0.2, 0) is 6.18 Å². The topological polar surface area (TPSA) is 57.4 Å². The smallest absolute Gasteiger partial charge is 0.360 e. The summed E-state index contributed by atoms with van der Waals surface area (Å²) < 4.78 is 37.2. The van der Waals surface area contributed by atoms with Crippen molar-refractivity contribution in [2.24, 2.45) is 0 Å². The number of rotatable bonds is 1. The van der Waals surface area contributed by atoms with Gasteiger partial charge in [-0.1, -0.05) is 18.2 Å². The molecule has 2 N–H and O–H groups in total. The zero-order chi connectivity index (χ0) is 12.8. The first-order chi connectivity index (χ1) is 8.55. The van der Waals surface area contributed by atoms with Crippen LogP contribution in [0.4, 0.5) is 13.2 Å². The average Bonchev–Trinajstić information content (AvgIpc) is 2.94. The zero-order valence-electron chi connectivity index (χ0n) is 8.92. The Morgan fingerprint density at radius 1 is 1.11 bits per heavy atom. The quantitative estimate of drug-likeness (QED) is 0.699. The van der Waals surface area contributed by atoms with Crippen molar-refractivity contribution in [2.45, 2.75) is 6.18 Å². The Morgan fingerprint density at radius 3 is 2.61 bits per heavy atom. The molecule has 18 heavy (non-hydrogen) atoms. The molecule has 0 atom stereocenters. The van der Waals surface area contributed by atoms with Crippen molar-refractivity contribution in [3.63, 3.8) is 0 Å². The molecule has 3 aromatic rings. The summed E-state index contributed by atoms with van der Waals surface area (Å²) >= 11 is 0. The van der Waals surface area contributed by atoms with Crippen LogP contribution < -0.4 is 0 Å². The molecule has 0 amide bonds. The number of nitrogens with zero attached hydrogens (tertiary/aromatic N) is 2. The third-order valence-corrected chi connectivity index (χ3v) is 2.58. The van der Waals surface area contributed by atoms with Gasteiger partial charge < -0.3 is 4.98 Å². The summed E-state index contributed by atoms with van der Waals surface area (Å²) in [6, 6.07) is 7.26. The van der Waals surface area contributed by atoms with E-state index in [0.717, 1.165) is 10.9 Å². The molecular formula is C11H7F3N4. The zero-order valence-corrected chi connectivity index (χ0v) is 8.92. The standard InChI is InChI=1S/C11H7F3N4/c12-11(13,14)10-16-9(17-18-10)7-5-15-8-4-2-1-3-6(7)8/h1-5,15H,(H,16,17,18). The van der Waals surface area contributed by atoms with Crippen LogP contribution in [-0.4, -0.2) is 20.2 Å². The second-order valence-corrected chi connectivity index (χ2v) is 3.75. The Morgan fingerprint density at radius 2 is 1.89 bits per heavy atom. The van der Waals surface area contributed by atoms with Gasteiger partial charge in [0.05, 0.1) is 0 Å². The summed E-state index contributed by atoms with van der Waals surface area (Å²) in [5.74, 6) is -1.07. The van der Waals surface area contributed by atoms with E-state index in [4.69, 9.17) is 0 Å². The highest BCUT2D eigenvalue weighted by Gasteiger charge is 2.35. The number of aromatic amines is 2. The molecule has 2 aromatic heterocycles. The van der Waals surface area contributed by atoms with Crippen molar-refractivity contribution in [1.29, 1.82) is 0 Å². The van der Waals surface area contributed by atoms with E-state index in [1.165, 1.54) is 0 Å². The number of H-pyrrole nitrogens is 2. The highest BCUT2D eigenvalue weighted by Crippen LogP contribution is 2.30. The average molecular weight is 252 g/mol. The predicted molar refractivity (Wildman–Crippen MR) is 58.7 cm³/mol. The Hall–Kier alpha value is -2.31. The fraction of sp³-hybridized carbons (Fsp3) is 0.0909. The molecule has 0 bridgehead atoms. The SMILES string of the molecule is FC(F)(F)c1nc(-c2c[nH]c3ccccc23)n[nH]1.